The van der Waals surface area contributed by atoms with Crippen molar-refractivity contribution in [2.45, 2.75) is 44.3 Å². The van der Waals surface area contributed by atoms with E-state index in [1.54, 1.807) is 0 Å². The first-order chi connectivity index (χ1) is 10.4. The molecule has 0 amide bonds. The van der Waals surface area contributed by atoms with E-state index in [0.717, 1.165) is 39.3 Å². The minimum atomic E-state index is 0.420. The molecule has 0 aliphatic carbocycles. The van der Waals surface area contributed by atoms with E-state index in [0.29, 0.717) is 12.2 Å². The van der Waals surface area contributed by atoms with E-state index in [1.807, 2.05) is 12.4 Å². The molecule has 0 radical (unpaired) electrons. The van der Waals surface area contributed by atoms with E-state index < -0.39 is 0 Å². The summed E-state index contributed by atoms with van der Waals surface area (Å²) in [7, 11) is 0. The lowest BCUT2D eigenvalue weighted by Crippen LogP contribution is -2.39. The summed E-state index contributed by atoms with van der Waals surface area (Å²) < 4.78 is 11.6. The SMILES string of the molecule is c1cc(CCN(CC2CCCO2)CC2CCCO2)ccn1. The highest BCUT2D eigenvalue weighted by Gasteiger charge is 2.23. The minimum Gasteiger partial charge on any atom is -0.377 e. The summed E-state index contributed by atoms with van der Waals surface area (Å²) in [5, 5.41) is 0. The normalized spacial score (nSPS) is 25.8. The van der Waals surface area contributed by atoms with Crippen molar-refractivity contribution in [1.82, 2.24) is 9.88 Å². The van der Waals surface area contributed by atoms with Crippen LogP contribution in [0.25, 0.3) is 0 Å². The molecular formula is C17H26N2O2. The molecule has 2 aliphatic heterocycles. The molecule has 2 fully saturated rings. The first-order valence-electron chi connectivity index (χ1n) is 8.24. The third kappa shape index (κ3) is 4.77. The third-order valence-corrected chi connectivity index (χ3v) is 4.44. The van der Waals surface area contributed by atoms with E-state index in [-0.39, 0.29) is 0 Å². The van der Waals surface area contributed by atoms with Crippen LogP contribution < -0.4 is 0 Å². The van der Waals surface area contributed by atoms with Gasteiger partial charge < -0.3 is 9.47 Å². The van der Waals surface area contributed by atoms with Gasteiger partial charge in [-0.2, -0.15) is 0 Å². The fourth-order valence-corrected chi connectivity index (χ4v) is 3.25. The molecule has 2 atom stereocenters. The molecule has 4 nitrogen and oxygen atoms in total. The van der Waals surface area contributed by atoms with Crippen LogP contribution in [0.1, 0.15) is 31.2 Å². The molecule has 2 saturated heterocycles. The second-order valence-electron chi connectivity index (χ2n) is 6.14. The zero-order valence-corrected chi connectivity index (χ0v) is 12.7. The van der Waals surface area contributed by atoms with Crippen LogP contribution >= 0.6 is 0 Å². The van der Waals surface area contributed by atoms with Crippen molar-refractivity contribution in [2.24, 2.45) is 0 Å². The Kier molecular flexibility index (Phi) is 5.60. The lowest BCUT2D eigenvalue weighted by molar-refractivity contribution is 0.0380. The number of pyridine rings is 1. The number of hydrogen-bond donors (Lipinski definition) is 0. The van der Waals surface area contributed by atoms with Gasteiger partial charge in [-0.15, -0.1) is 0 Å². The topological polar surface area (TPSA) is 34.6 Å². The van der Waals surface area contributed by atoms with Crippen molar-refractivity contribution in [1.29, 1.82) is 0 Å². The Morgan fingerprint density at radius 2 is 1.62 bits per heavy atom. The third-order valence-electron chi connectivity index (χ3n) is 4.44. The highest BCUT2D eigenvalue weighted by molar-refractivity contribution is 5.09. The van der Waals surface area contributed by atoms with Crippen LogP contribution in [0, 0.1) is 0 Å². The number of rotatable bonds is 7. The summed E-state index contributed by atoms with van der Waals surface area (Å²) in [6, 6.07) is 4.21. The van der Waals surface area contributed by atoms with Gasteiger partial charge in [0.05, 0.1) is 12.2 Å². The van der Waals surface area contributed by atoms with Crippen molar-refractivity contribution in [2.75, 3.05) is 32.8 Å². The van der Waals surface area contributed by atoms with Crippen LogP contribution in [-0.2, 0) is 15.9 Å². The first-order valence-corrected chi connectivity index (χ1v) is 8.24. The summed E-state index contributed by atoms with van der Waals surface area (Å²) in [5.41, 5.74) is 1.36. The molecule has 3 rings (SSSR count). The first kappa shape index (κ1) is 14.9. The van der Waals surface area contributed by atoms with Crippen LogP contribution in [0.5, 0.6) is 0 Å². The Balaban J connectivity index is 1.52. The van der Waals surface area contributed by atoms with Crippen molar-refractivity contribution in [3.8, 4) is 0 Å². The zero-order chi connectivity index (χ0) is 14.3. The summed E-state index contributed by atoms with van der Waals surface area (Å²) in [4.78, 5) is 6.62. The van der Waals surface area contributed by atoms with Gasteiger partial charge >= 0.3 is 0 Å². The minimum absolute atomic E-state index is 0.420. The number of ether oxygens (including phenoxy) is 2. The highest BCUT2D eigenvalue weighted by atomic mass is 16.5. The monoisotopic (exact) mass is 290 g/mol. The molecule has 0 spiro atoms. The van der Waals surface area contributed by atoms with E-state index in [4.69, 9.17) is 9.47 Å². The summed E-state index contributed by atoms with van der Waals surface area (Å²) in [6.07, 6.45) is 10.5. The molecule has 0 aromatic carbocycles. The average molecular weight is 290 g/mol. The van der Waals surface area contributed by atoms with Crippen LogP contribution in [-0.4, -0.2) is 54.9 Å². The molecule has 1 aromatic rings. The molecule has 1 aromatic heterocycles. The van der Waals surface area contributed by atoms with E-state index >= 15 is 0 Å². The van der Waals surface area contributed by atoms with Gasteiger partial charge in [-0.3, -0.25) is 9.88 Å². The van der Waals surface area contributed by atoms with Gasteiger partial charge in [-0.05, 0) is 49.8 Å². The Labute approximate surface area is 127 Å². The van der Waals surface area contributed by atoms with Gasteiger partial charge in [0.2, 0.25) is 0 Å². The van der Waals surface area contributed by atoms with Crippen LogP contribution in [0.4, 0.5) is 0 Å². The lowest BCUT2D eigenvalue weighted by atomic mass is 10.1. The number of aromatic nitrogens is 1. The Bertz CT molecular complexity index is 383. The standard InChI is InChI=1S/C17H26N2O2/c1-3-16(20-11-1)13-19(14-17-4-2-12-21-17)10-7-15-5-8-18-9-6-15/h5-6,8-9,16-17H,1-4,7,10-14H2. The molecule has 0 bridgehead atoms. The van der Waals surface area contributed by atoms with Gasteiger partial charge in [0.25, 0.3) is 0 Å². The van der Waals surface area contributed by atoms with Crippen molar-refractivity contribution < 1.29 is 9.47 Å². The van der Waals surface area contributed by atoms with Gasteiger partial charge in [0, 0.05) is 45.2 Å². The Hall–Kier alpha value is -0.970. The molecule has 4 heteroatoms. The molecule has 116 valence electrons. The van der Waals surface area contributed by atoms with Crippen LogP contribution in [0.15, 0.2) is 24.5 Å². The Morgan fingerprint density at radius 1 is 1.00 bits per heavy atom. The quantitative estimate of drug-likeness (QED) is 0.771. The second kappa shape index (κ2) is 7.87. The largest absolute Gasteiger partial charge is 0.377 e. The lowest BCUT2D eigenvalue weighted by Gasteiger charge is -2.27. The highest BCUT2D eigenvalue weighted by Crippen LogP contribution is 2.17. The van der Waals surface area contributed by atoms with Gasteiger partial charge in [-0.25, -0.2) is 0 Å². The molecule has 3 heterocycles. The van der Waals surface area contributed by atoms with Gasteiger partial charge in [-0.1, -0.05) is 0 Å². The molecule has 0 N–H and O–H groups in total. The fraction of sp³-hybridized carbons (Fsp3) is 0.706. The summed E-state index contributed by atoms with van der Waals surface area (Å²) in [5.74, 6) is 0. The van der Waals surface area contributed by atoms with Crippen molar-refractivity contribution in [3.05, 3.63) is 30.1 Å². The zero-order valence-electron chi connectivity index (χ0n) is 12.7. The summed E-state index contributed by atoms with van der Waals surface area (Å²) in [6.45, 7) is 5.03. The molecule has 0 saturated carbocycles. The van der Waals surface area contributed by atoms with Crippen LogP contribution in [0.2, 0.25) is 0 Å². The summed E-state index contributed by atoms with van der Waals surface area (Å²) >= 11 is 0. The predicted molar refractivity (Wildman–Crippen MR) is 82.3 cm³/mol. The van der Waals surface area contributed by atoms with E-state index in [9.17, 15) is 0 Å². The fourth-order valence-electron chi connectivity index (χ4n) is 3.25. The predicted octanol–water partition coefficient (Wildman–Crippen LogP) is 2.28. The number of hydrogen-bond acceptors (Lipinski definition) is 4. The van der Waals surface area contributed by atoms with E-state index in [2.05, 4.69) is 22.0 Å². The average Bonchev–Trinajstić information content (AvgIpc) is 3.20. The number of nitrogens with zero attached hydrogens (tertiary/aromatic N) is 2. The second-order valence-corrected chi connectivity index (χ2v) is 6.14. The molecule has 2 aliphatic rings. The van der Waals surface area contributed by atoms with Gasteiger partial charge in [0.1, 0.15) is 0 Å². The smallest absolute Gasteiger partial charge is 0.0702 e. The van der Waals surface area contributed by atoms with E-state index in [1.165, 1.54) is 31.2 Å². The van der Waals surface area contributed by atoms with Crippen molar-refractivity contribution in [3.63, 3.8) is 0 Å². The Morgan fingerprint density at radius 3 is 2.14 bits per heavy atom. The maximum Gasteiger partial charge on any atom is 0.0702 e. The molecular weight excluding hydrogens is 264 g/mol. The maximum absolute atomic E-state index is 5.81. The van der Waals surface area contributed by atoms with Crippen LogP contribution in [0.3, 0.4) is 0 Å². The molecule has 2 unspecified atom stereocenters. The molecule has 21 heavy (non-hydrogen) atoms. The van der Waals surface area contributed by atoms with Crippen molar-refractivity contribution >= 4 is 0 Å². The maximum atomic E-state index is 5.81. The van der Waals surface area contributed by atoms with Gasteiger partial charge in [0.15, 0.2) is 0 Å².